The van der Waals surface area contributed by atoms with Gasteiger partial charge in [0.2, 0.25) is 5.78 Å². The van der Waals surface area contributed by atoms with Crippen LogP contribution in [-0.2, 0) is 0 Å². The number of carbonyl (C=O) groups excluding carboxylic acids is 1. The molecule has 0 saturated carbocycles. The molecule has 1 aromatic rings. The number of Topliss-reactive ketones (excluding diaryl/α,β-unsaturated/α-hetero) is 1. The van der Waals surface area contributed by atoms with Crippen LogP contribution in [0.1, 0.15) is 10.4 Å². The van der Waals surface area contributed by atoms with Crippen LogP contribution in [0, 0.1) is 0 Å². The van der Waals surface area contributed by atoms with Crippen molar-refractivity contribution in [3.63, 3.8) is 0 Å². The number of benzene rings is 1. The number of rotatable bonds is 5. The molecule has 106 valence electrons. The predicted molar refractivity (Wildman–Crippen MR) is 62.5 cm³/mol. The highest BCUT2D eigenvalue weighted by Crippen LogP contribution is 2.40. The van der Waals surface area contributed by atoms with Crippen LogP contribution in [0.4, 0.5) is 17.6 Å². The van der Waals surface area contributed by atoms with Gasteiger partial charge in [0.1, 0.15) is 16.0 Å². The van der Waals surface area contributed by atoms with Gasteiger partial charge in [0.15, 0.2) is 0 Å². The van der Waals surface area contributed by atoms with Crippen molar-refractivity contribution in [2.45, 2.75) is 12.3 Å². The van der Waals surface area contributed by atoms with Crippen LogP contribution in [0.25, 0.3) is 0 Å². The molecule has 19 heavy (non-hydrogen) atoms. The Balaban J connectivity index is 3.36. The third-order valence-electron chi connectivity index (χ3n) is 2.31. The average molecular weight is 345 g/mol. The van der Waals surface area contributed by atoms with E-state index in [1.165, 1.54) is 13.2 Å². The second-order valence-corrected chi connectivity index (χ2v) is 4.21. The maximum Gasteiger partial charge on any atom is 0.369 e. The van der Waals surface area contributed by atoms with Crippen LogP contribution in [0.3, 0.4) is 0 Å². The number of alkyl halides is 4. The number of hydrogen-bond acceptors (Lipinski definition) is 3. The monoisotopic (exact) mass is 344 g/mol. The highest BCUT2D eigenvalue weighted by molar-refractivity contribution is 9.10. The van der Waals surface area contributed by atoms with Crippen molar-refractivity contribution in [2.24, 2.45) is 0 Å². The molecule has 0 spiro atoms. The van der Waals surface area contributed by atoms with E-state index in [4.69, 9.17) is 9.47 Å². The number of methoxy groups -OCH3 is 2. The van der Waals surface area contributed by atoms with Gasteiger partial charge in [-0.15, -0.1) is 0 Å². The summed E-state index contributed by atoms with van der Waals surface area (Å²) in [6, 6.07) is 2.14. The van der Waals surface area contributed by atoms with Crippen molar-refractivity contribution in [3.05, 3.63) is 22.2 Å². The molecule has 1 aromatic carbocycles. The Morgan fingerprint density at radius 3 is 2.26 bits per heavy atom. The average Bonchev–Trinajstić information content (AvgIpc) is 2.37. The summed E-state index contributed by atoms with van der Waals surface area (Å²) < 4.78 is 60.2. The minimum atomic E-state index is -4.78. The lowest BCUT2D eigenvalue weighted by Gasteiger charge is -2.17. The molecule has 0 saturated heterocycles. The van der Waals surface area contributed by atoms with Gasteiger partial charge in [0.25, 0.3) is 0 Å². The van der Waals surface area contributed by atoms with Crippen LogP contribution < -0.4 is 9.47 Å². The van der Waals surface area contributed by atoms with Crippen molar-refractivity contribution in [3.8, 4) is 11.5 Å². The van der Waals surface area contributed by atoms with E-state index in [1.54, 1.807) is 0 Å². The first kappa shape index (κ1) is 15.7. The van der Waals surface area contributed by atoms with Crippen LogP contribution in [0.5, 0.6) is 11.5 Å². The summed E-state index contributed by atoms with van der Waals surface area (Å²) in [4.78, 5) is 11.5. The summed E-state index contributed by atoms with van der Waals surface area (Å²) >= 11 is 2.99. The Labute approximate surface area is 114 Å². The molecule has 0 N–H and O–H groups in total. The topological polar surface area (TPSA) is 35.5 Å². The zero-order valence-corrected chi connectivity index (χ0v) is 11.4. The second-order valence-electron chi connectivity index (χ2n) is 3.42. The Morgan fingerprint density at radius 1 is 1.26 bits per heavy atom. The highest BCUT2D eigenvalue weighted by Gasteiger charge is 2.50. The van der Waals surface area contributed by atoms with E-state index in [9.17, 15) is 22.4 Å². The van der Waals surface area contributed by atoms with Gasteiger partial charge in [-0.1, -0.05) is 0 Å². The van der Waals surface area contributed by atoms with Gasteiger partial charge >= 0.3 is 12.3 Å². The maximum absolute atomic E-state index is 13.1. The summed E-state index contributed by atoms with van der Waals surface area (Å²) in [5.74, 6) is -6.86. The van der Waals surface area contributed by atoms with Gasteiger partial charge in [0.05, 0.1) is 19.8 Å². The van der Waals surface area contributed by atoms with Gasteiger partial charge in [0, 0.05) is 0 Å². The van der Waals surface area contributed by atoms with Gasteiger partial charge in [-0.2, -0.15) is 8.78 Å². The molecule has 0 bridgehead atoms. The summed E-state index contributed by atoms with van der Waals surface area (Å²) in [6.07, 6.45) is -4.09. The fourth-order valence-electron chi connectivity index (χ4n) is 1.35. The minimum absolute atomic E-state index is 0.0911. The SMILES string of the molecule is COc1ccc(C(=O)C(F)(F)C(F)F)c(OC)c1Br. The van der Waals surface area contributed by atoms with Gasteiger partial charge in [-0.3, -0.25) is 4.79 Å². The molecule has 0 heterocycles. The summed E-state index contributed by atoms with van der Waals surface area (Å²) in [5, 5.41) is 0. The lowest BCUT2D eigenvalue weighted by Crippen LogP contribution is -2.36. The van der Waals surface area contributed by atoms with Crippen molar-refractivity contribution < 1.29 is 31.8 Å². The normalized spacial score (nSPS) is 11.6. The fraction of sp³-hybridized carbons (Fsp3) is 0.364. The van der Waals surface area contributed by atoms with E-state index >= 15 is 0 Å². The van der Waals surface area contributed by atoms with Gasteiger partial charge in [-0.25, -0.2) is 8.78 Å². The van der Waals surface area contributed by atoms with E-state index in [0.717, 1.165) is 13.2 Å². The molecule has 0 aromatic heterocycles. The number of halogens is 5. The van der Waals surface area contributed by atoms with Crippen LogP contribution in [0.15, 0.2) is 16.6 Å². The van der Waals surface area contributed by atoms with Crippen molar-refractivity contribution in [2.75, 3.05) is 14.2 Å². The smallest absolute Gasteiger partial charge is 0.369 e. The van der Waals surface area contributed by atoms with Crippen molar-refractivity contribution in [1.82, 2.24) is 0 Å². The molecule has 0 aliphatic rings. The zero-order chi connectivity index (χ0) is 14.8. The number of carbonyl (C=O) groups is 1. The predicted octanol–water partition coefficient (Wildman–Crippen LogP) is 3.55. The zero-order valence-electron chi connectivity index (χ0n) is 9.85. The standard InChI is InChI=1S/C11H9BrF4O3/c1-18-6-4-3-5(8(19-2)7(6)12)9(17)11(15,16)10(13)14/h3-4,10H,1-2H3. The van der Waals surface area contributed by atoms with E-state index in [1.807, 2.05) is 0 Å². The first-order valence-corrected chi connectivity index (χ1v) is 5.67. The fourth-order valence-corrected chi connectivity index (χ4v) is 2.02. The summed E-state index contributed by atoms with van der Waals surface area (Å²) in [7, 11) is 2.44. The lowest BCUT2D eigenvalue weighted by molar-refractivity contribution is -0.0959. The molecule has 0 aliphatic heterocycles. The molecule has 0 unspecified atom stereocenters. The highest BCUT2D eigenvalue weighted by atomic mass is 79.9. The van der Waals surface area contributed by atoms with Crippen LogP contribution in [-0.4, -0.2) is 32.4 Å². The summed E-state index contributed by atoms with van der Waals surface area (Å²) in [6.45, 7) is 0. The van der Waals surface area contributed by atoms with Crippen molar-refractivity contribution >= 4 is 21.7 Å². The molecule has 0 fully saturated rings. The third-order valence-corrected chi connectivity index (χ3v) is 3.06. The third kappa shape index (κ3) is 2.83. The van der Waals surface area contributed by atoms with E-state index in [0.29, 0.717) is 0 Å². The Kier molecular flexibility index (Phi) is 4.78. The first-order valence-electron chi connectivity index (χ1n) is 4.88. The molecule has 0 atom stereocenters. The Hall–Kier alpha value is -1.31. The molecule has 8 heteroatoms. The van der Waals surface area contributed by atoms with Gasteiger partial charge in [-0.05, 0) is 28.1 Å². The second kappa shape index (κ2) is 5.77. The molecule has 3 nitrogen and oxygen atoms in total. The van der Waals surface area contributed by atoms with Crippen LogP contribution >= 0.6 is 15.9 Å². The lowest BCUT2D eigenvalue weighted by atomic mass is 10.0. The Bertz CT molecular complexity index is 491. The maximum atomic E-state index is 13.1. The molecule has 0 amide bonds. The number of hydrogen-bond donors (Lipinski definition) is 0. The first-order chi connectivity index (χ1) is 8.77. The van der Waals surface area contributed by atoms with E-state index in [-0.39, 0.29) is 16.0 Å². The molecule has 0 aliphatic carbocycles. The molecular weight excluding hydrogens is 336 g/mol. The largest absolute Gasteiger partial charge is 0.495 e. The summed E-state index contributed by atoms with van der Waals surface area (Å²) in [5.41, 5.74) is -0.652. The molecule has 1 rings (SSSR count). The number of ketones is 1. The van der Waals surface area contributed by atoms with E-state index < -0.39 is 23.7 Å². The Morgan fingerprint density at radius 2 is 1.84 bits per heavy atom. The minimum Gasteiger partial charge on any atom is -0.495 e. The molecular formula is C11H9BrF4O3. The van der Waals surface area contributed by atoms with E-state index in [2.05, 4.69) is 15.9 Å². The van der Waals surface area contributed by atoms with Crippen molar-refractivity contribution in [1.29, 1.82) is 0 Å². The van der Waals surface area contributed by atoms with Crippen LogP contribution in [0.2, 0.25) is 0 Å². The quantitative estimate of drug-likeness (QED) is 0.605. The van der Waals surface area contributed by atoms with Gasteiger partial charge < -0.3 is 9.47 Å². The number of ether oxygens (including phenoxy) is 2. The molecule has 0 radical (unpaired) electrons.